The first-order valence-electron chi connectivity index (χ1n) is 9.70. The number of nitrogens with two attached hydrogens (primary N) is 1. The Hall–Kier alpha value is -2.37. The van der Waals surface area contributed by atoms with E-state index in [-0.39, 0.29) is 12.2 Å². The minimum atomic E-state index is -1.44. The number of amides is 1. The molecule has 4 N–H and O–H groups in total. The summed E-state index contributed by atoms with van der Waals surface area (Å²) in [5.41, 5.74) is 2.66. The van der Waals surface area contributed by atoms with Crippen LogP contribution < -0.4 is 16.6 Å². The van der Waals surface area contributed by atoms with Gasteiger partial charge in [0.05, 0.1) is 5.41 Å². The Kier molecular flexibility index (Phi) is 4.89. The van der Waals surface area contributed by atoms with Crippen molar-refractivity contribution in [3.05, 3.63) is 64.7 Å². The summed E-state index contributed by atoms with van der Waals surface area (Å²) >= 11 is 6.14. The summed E-state index contributed by atoms with van der Waals surface area (Å²) < 4.78 is 0. The van der Waals surface area contributed by atoms with E-state index in [9.17, 15) is 9.59 Å². The Morgan fingerprint density at radius 1 is 1.04 bits per heavy atom. The van der Waals surface area contributed by atoms with Gasteiger partial charge in [0.25, 0.3) is 5.91 Å². The Morgan fingerprint density at radius 2 is 1.75 bits per heavy atom. The lowest BCUT2D eigenvalue weighted by Gasteiger charge is -2.42. The number of anilines is 1. The third-order valence-electron chi connectivity index (χ3n) is 6.25. The maximum atomic E-state index is 14.2. The van der Waals surface area contributed by atoms with Crippen LogP contribution in [0.3, 0.4) is 0 Å². The summed E-state index contributed by atoms with van der Waals surface area (Å²) in [7, 11) is 0. The predicted molar refractivity (Wildman–Crippen MR) is 110 cm³/mol. The summed E-state index contributed by atoms with van der Waals surface area (Å²) in [6.07, 6.45) is 4.71. The van der Waals surface area contributed by atoms with Gasteiger partial charge in [-0.25, -0.2) is 5.84 Å². The predicted octanol–water partition coefficient (Wildman–Crippen LogP) is 3.51. The summed E-state index contributed by atoms with van der Waals surface area (Å²) in [6.45, 7) is 0. The number of halogens is 1. The van der Waals surface area contributed by atoms with Gasteiger partial charge in [-0.3, -0.25) is 15.0 Å². The molecule has 2 aromatic carbocycles. The van der Waals surface area contributed by atoms with Crippen molar-refractivity contribution in [1.29, 1.82) is 0 Å². The molecule has 28 heavy (non-hydrogen) atoms. The summed E-state index contributed by atoms with van der Waals surface area (Å²) in [5, 5.41) is 3.79. The molecule has 0 aromatic heterocycles. The van der Waals surface area contributed by atoms with Crippen LogP contribution in [0.15, 0.2) is 48.5 Å². The fraction of sp³-hybridized carbons (Fsp3) is 0.364. The van der Waals surface area contributed by atoms with E-state index < -0.39 is 16.9 Å². The number of rotatable bonds is 4. The first-order chi connectivity index (χ1) is 13.5. The third kappa shape index (κ3) is 2.90. The zero-order chi connectivity index (χ0) is 19.8. The van der Waals surface area contributed by atoms with Crippen molar-refractivity contribution >= 4 is 29.0 Å². The molecule has 2 aromatic rings. The molecule has 0 spiro atoms. The number of hydrogen-bond acceptors (Lipinski definition) is 4. The molecule has 1 aliphatic heterocycles. The van der Waals surface area contributed by atoms with Gasteiger partial charge in [0, 0.05) is 17.1 Å². The van der Waals surface area contributed by atoms with Gasteiger partial charge >= 0.3 is 0 Å². The van der Waals surface area contributed by atoms with Crippen molar-refractivity contribution in [2.75, 3.05) is 5.32 Å². The molecule has 146 valence electrons. The number of carbonyl (C=O) groups is 2. The maximum absolute atomic E-state index is 14.2. The van der Waals surface area contributed by atoms with Crippen molar-refractivity contribution in [2.45, 2.75) is 49.5 Å². The number of Topliss-reactive ketones (excluding diaryl/α,β-unsaturated/α-hetero) is 1. The topological polar surface area (TPSA) is 84.2 Å². The van der Waals surface area contributed by atoms with Gasteiger partial charge in [0.2, 0.25) is 0 Å². The van der Waals surface area contributed by atoms with Crippen LogP contribution in [0.5, 0.6) is 0 Å². The molecule has 0 radical (unpaired) electrons. The molecule has 1 atom stereocenters. The highest BCUT2D eigenvalue weighted by atomic mass is 35.5. The van der Waals surface area contributed by atoms with E-state index in [0.29, 0.717) is 5.02 Å². The van der Waals surface area contributed by atoms with E-state index >= 15 is 0 Å². The van der Waals surface area contributed by atoms with Crippen LogP contribution in [0.1, 0.15) is 43.2 Å². The first-order valence-corrected chi connectivity index (χ1v) is 10.1. The number of benzene rings is 2. The van der Waals surface area contributed by atoms with Crippen LogP contribution in [0, 0.1) is 0 Å². The molecule has 1 amide bonds. The fourth-order valence-electron chi connectivity index (χ4n) is 4.86. The van der Waals surface area contributed by atoms with E-state index in [1.165, 1.54) is 0 Å². The van der Waals surface area contributed by atoms with E-state index in [4.69, 9.17) is 17.4 Å². The Labute approximate surface area is 169 Å². The highest BCUT2D eigenvalue weighted by molar-refractivity contribution is 6.30. The molecule has 0 saturated heterocycles. The molecular formula is C22H24ClN3O2. The Morgan fingerprint density at radius 3 is 2.43 bits per heavy atom. The lowest BCUT2D eigenvalue weighted by atomic mass is 9.62. The van der Waals surface area contributed by atoms with Crippen molar-refractivity contribution in [3.8, 4) is 0 Å². The third-order valence-corrected chi connectivity index (χ3v) is 6.48. The molecule has 1 unspecified atom stereocenters. The summed E-state index contributed by atoms with van der Waals surface area (Å²) in [6, 6.07) is 15.2. The maximum Gasteiger partial charge on any atom is 0.267 e. The van der Waals surface area contributed by atoms with Gasteiger partial charge in [-0.15, -0.1) is 0 Å². The fourth-order valence-corrected chi connectivity index (χ4v) is 5.05. The normalized spacial score (nSPS) is 22.8. The van der Waals surface area contributed by atoms with Crippen molar-refractivity contribution < 1.29 is 9.59 Å². The second-order valence-electron chi connectivity index (χ2n) is 7.82. The quantitative estimate of drug-likeness (QED) is 0.319. The molecule has 1 heterocycles. The van der Waals surface area contributed by atoms with Gasteiger partial charge in [-0.1, -0.05) is 61.2 Å². The Bertz CT molecular complexity index is 909. The van der Waals surface area contributed by atoms with Crippen molar-refractivity contribution in [3.63, 3.8) is 0 Å². The van der Waals surface area contributed by atoms with E-state index in [1.807, 2.05) is 36.4 Å². The number of hydrogen-bond donors (Lipinski definition) is 3. The van der Waals surface area contributed by atoms with Gasteiger partial charge in [0.15, 0.2) is 11.3 Å². The minimum Gasteiger partial charge on any atom is -0.365 e. The standard InChI is InChI=1S/C22H24ClN3O2/c23-17-9-10-18-15(13-17)14-22(25-18,20(28)26-24)19(27)21(11-5-2-6-12-21)16-7-3-1-4-8-16/h1,3-4,7-10,13,25H,2,5-6,11-12,14,24H2,(H,26,28). The lowest BCUT2D eigenvalue weighted by molar-refractivity contribution is -0.138. The summed E-state index contributed by atoms with van der Waals surface area (Å²) in [4.78, 5) is 27.2. The lowest BCUT2D eigenvalue weighted by Crippen LogP contribution is -2.64. The van der Waals surface area contributed by atoms with Crippen LogP contribution in [0.2, 0.25) is 5.02 Å². The molecule has 1 fully saturated rings. The van der Waals surface area contributed by atoms with Gasteiger partial charge in [0.1, 0.15) is 0 Å². The van der Waals surface area contributed by atoms with Gasteiger partial charge in [-0.2, -0.15) is 0 Å². The second-order valence-corrected chi connectivity index (χ2v) is 8.26. The average molecular weight is 398 g/mol. The van der Waals surface area contributed by atoms with E-state index in [1.54, 1.807) is 12.1 Å². The first kappa shape index (κ1) is 19.0. The molecule has 0 bridgehead atoms. The summed E-state index contributed by atoms with van der Waals surface area (Å²) in [5.74, 6) is 4.91. The number of nitrogens with one attached hydrogen (secondary N) is 2. The van der Waals surface area contributed by atoms with Crippen LogP contribution >= 0.6 is 11.6 Å². The largest absolute Gasteiger partial charge is 0.365 e. The van der Waals surface area contributed by atoms with Crippen LogP contribution in [0.25, 0.3) is 0 Å². The van der Waals surface area contributed by atoms with E-state index in [2.05, 4.69) is 10.7 Å². The number of carbonyl (C=O) groups excluding carboxylic acids is 2. The highest BCUT2D eigenvalue weighted by Gasteiger charge is 2.57. The van der Waals surface area contributed by atoms with E-state index in [0.717, 1.165) is 48.9 Å². The second kappa shape index (κ2) is 7.22. The SMILES string of the molecule is NNC(=O)C1(C(=O)C2(c3ccccc3)CCCCC2)Cc2cc(Cl)ccc2N1. The Balaban J connectivity index is 1.82. The smallest absolute Gasteiger partial charge is 0.267 e. The monoisotopic (exact) mass is 397 g/mol. The number of ketones is 1. The van der Waals surface area contributed by atoms with Crippen LogP contribution in [-0.4, -0.2) is 17.2 Å². The van der Waals surface area contributed by atoms with Crippen molar-refractivity contribution in [1.82, 2.24) is 5.43 Å². The molecule has 6 heteroatoms. The van der Waals surface area contributed by atoms with Crippen LogP contribution in [0.4, 0.5) is 5.69 Å². The van der Waals surface area contributed by atoms with Crippen LogP contribution in [-0.2, 0) is 21.4 Å². The zero-order valence-corrected chi connectivity index (χ0v) is 16.4. The highest BCUT2D eigenvalue weighted by Crippen LogP contribution is 2.46. The molecular weight excluding hydrogens is 374 g/mol. The molecule has 1 saturated carbocycles. The van der Waals surface area contributed by atoms with Gasteiger partial charge < -0.3 is 5.32 Å². The average Bonchev–Trinajstić information content (AvgIpc) is 3.13. The molecule has 4 rings (SSSR count). The molecule has 1 aliphatic carbocycles. The number of fused-ring (bicyclic) bond motifs is 1. The number of hydrazine groups is 1. The van der Waals surface area contributed by atoms with Crippen molar-refractivity contribution in [2.24, 2.45) is 5.84 Å². The minimum absolute atomic E-state index is 0.110. The zero-order valence-electron chi connectivity index (χ0n) is 15.6. The molecule has 2 aliphatic rings. The van der Waals surface area contributed by atoms with Gasteiger partial charge in [-0.05, 0) is 42.2 Å². The molecule has 5 nitrogen and oxygen atoms in total.